The molecule has 2 aromatic rings. The Labute approximate surface area is 194 Å². The molecule has 2 amide bonds. The Morgan fingerprint density at radius 3 is 2.00 bits per heavy atom. The number of hydrazine groups is 1. The van der Waals surface area contributed by atoms with E-state index in [0.717, 1.165) is 39.6 Å². The zero-order chi connectivity index (χ0) is 25.5. The topological polar surface area (TPSA) is 65.0 Å². The minimum absolute atomic E-state index is 0.115. The number of benzene rings is 2. The van der Waals surface area contributed by atoms with E-state index < -0.39 is 47.1 Å². The monoisotopic (exact) mass is 506 g/mol. The van der Waals surface area contributed by atoms with Crippen LogP contribution in [-0.4, -0.2) is 53.6 Å². The first-order valence-corrected chi connectivity index (χ1v) is 10.0. The molecule has 1 unspecified atom stereocenters. The maximum atomic E-state index is 14.0. The number of para-hydroxylation sites is 1. The van der Waals surface area contributed by atoms with Crippen molar-refractivity contribution in [1.82, 2.24) is 10.3 Å². The van der Waals surface area contributed by atoms with Crippen molar-refractivity contribution in [3.8, 4) is 0 Å². The fourth-order valence-corrected chi connectivity index (χ4v) is 3.39. The van der Waals surface area contributed by atoms with Crippen molar-refractivity contribution in [3.05, 3.63) is 65.2 Å². The van der Waals surface area contributed by atoms with Crippen LogP contribution < -0.4 is 10.3 Å². The molecule has 1 aliphatic heterocycles. The Kier molecular flexibility index (Phi) is 6.68. The molecule has 1 saturated heterocycles. The van der Waals surface area contributed by atoms with Crippen molar-refractivity contribution in [2.24, 2.45) is 4.99 Å². The number of hydrogen-bond donors (Lipinski definition) is 1. The predicted molar refractivity (Wildman–Crippen MR) is 112 cm³/mol. The summed E-state index contributed by atoms with van der Waals surface area (Å²) in [6.45, 7) is 1.22. The Bertz CT molecular complexity index is 1090. The van der Waals surface area contributed by atoms with Crippen LogP contribution in [0.1, 0.15) is 17.3 Å². The lowest BCUT2D eigenvalue weighted by atomic mass is 10.1. The second-order valence-corrected chi connectivity index (χ2v) is 7.80. The SMILES string of the molecule is CC1C(=NC(NC(=O)c2ccc(Cl)cc2)(C(F)(F)F)C(F)(F)F)C(=O)N(c2ccccc2)N1C. The summed E-state index contributed by atoms with van der Waals surface area (Å²) in [6.07, 6.45) is -12.3. The van der Waals surface area contributed by atoms with Crippen LogP contribution in [0.5, 0.6) is 0 Å². The molecule has 0 spiro atoms. The number of alkyl halides is 6. The molecule has 0 bridgehead atoms. The lowest BCUT2D eigenvalue weighted by molar-refractivity contribution is -0.301. The number of carbonyl (C=O) groups is 2. The van der Waals surface area contributed by atoms with Gasteiger partial charge in [-0.05, 0) is 43.3 Å². The average molecular weight is 507 g/mol. The van der Waals surface area contributed by atoms with Gasteiger partial charge in [0.25, 0.3) is 11.8 Å². The number of amides is 2. The number of anilines is 1. The first-order valence-electron chi connectivity index (χ1n) is 9.63. The molecule has 0 saturated carbocycles. The smallest absolute Gasteiger partial charge is 0.313 e. The Hall–Kier alpha value is -3.12. The van der Waals surface area contributed by atoms with Gasteiger partial charge >= 0.3 is 18.0 Å². The second kappa shape index (κ2) is 8.91. The van der Waals surface area contributed by atoms with Gasteiger partial charge in [-0.25, -0.2) is 15.0 Å². The van der Waals surface area contributed by atoms with Gasteiger partial charge in [-0.2, -0.15) is 26.3 Å². The molecule has 1 aliphatic rings. The summed E-state index contributed by atoms with van der Waals surface area (Å²) < 4.78 is 84.2. The fraction of sp³-hybridized carbons (Fsp3) is 0.286. The van der Waals surface area contributed by atoms with Crippen LogP contribution in [-0.2, 0) is 4.79 Å². The Morgan fingerprint density at radius 2 is 1.50 bits per heavy atom. The third kappa shape index (κ3) is 4.47. The summed E-state index contributed by atoms with van der Waals surface area (Å²) in [5.41, 5.74) is -6.42. The van der Waals surface area contributed by atoms with E-state index in [9.17, 15) is 35.9 Å². The minimum atomic E-state index is -6.14. The van der Waals surface area contributed by atoms with E-state index in [2.05, 4.69) is 4.99 Å². The van der Waals surface area contributed by atoms with Gasteiger partial charge in [0.1, 0.15) is 5.71 Å². The Balaban J connectivity index is 2.14. The minimum Gasteiger partial charge on any atom is -0.313 e. The summed E-state index contributed by atoms with van der Waals surface area (Å²) >= 11 is 5.66. The van der Waals surface area contributed by atoms with E-state index in [1.54, 1.807) is 6.07 Å². The number of halogens is 7. The molecular formula is C21H17ClF6N4O2. The van der Waals surface area contributed by atoms with Gasteiger partial charge in [-0.1, -0.05) is 29.8 Å². The van der Waals surface area contributed by atoms with Crippen molar-refractivity contribution in [3.63, 3.8) is 0 Å². The molecular weight excluding hydrogens is 490 g/mol. The normalized spacial score (nSPS) is 19.1. The predicted octanol–water partition coefficient (Wildman–Crippen LogP) is 4.61. The van der Waals surface area contributed by atoms with Crippen LogP contribution in [0.3, 0.4) is 0 Å². The molecule has 34 heavy (non-hydrogen) atoms. The third-order valence-corrected chi connectivity index (χ3v) is 5.45. The van der Waals surface area contributed by atoms with E-state index in [-0.39, 0.29) is 10.7 Å². The molecule has 0 aromatic heterocycles. The highest BCUT2D eigenvalue weighted by Gasteiger charge is 2.73. The number of rotatable bonds is 4. The van der Waals surface area contributed by atoms with Gasteiger partial charge in [-0.15, -0.1) is 0 Å². The number of nitrogens with zero attached hydrogens (tertiary/aromatic N) is 3. The van der Waals surface area contributed by atoms with E-state index in [4.69, 9.17) is 11.6 Å². The van der Waals surface area contributed by atoms with E-state index in [0.29, 0.717) is 0 Å². The molecule has 0 aliphatic carbocycles. The van der Waals surface area contributed by atoms with Crippen LogP contribution >= 0.6 is 11.6 Å². The zero-order valence-corrected chi connectivity index (χ0v) is 18.3. The quantitative estimate of drug-likeness (QED) is 0.616. The highest BCUT2D eigenvalue weighted by atomic mass is 35.5. The van der Waals surface area contributed by atoms with Gasteiger partial charge in [0.05, 0.1) is 11.7 Å². The van der Waals surface area contributed by atoms with Crippen molar-refractivity contribution in [2.75, 3.05) is 12.1 Å². The van der Waals surface area contributed by atoms with Crippen molar-refractivity contribution >= 4 is 34.8 Å². The van der Waals surface area contributed by atoms with Crippen molar-refractivity contribution < 1.29 is 35.9 Å². The Morgan fingerprint density at radius 1 is 0.971 bits per heavy atom. The van der Waals surface area contributed by atoms with E-state index in [1.807, 2.05) is 0 Å². The maximum Gasteiger partial charge on any atom is 0.441 e. The molecule has 0 radical (unpaired) electrons. The van der Waals surface area contributed by atoms with Crippen LogP contribution in [0.25, 0.3) is 0 Å². The summed E-state index contributed by atoms with van der Waals surface area (Å²) in [4.78, 5) is 28.3. The molecule has 1 fully saturated rings. The van der Waals surface area contributed by atoms with Gasteiger partial charge in [0.2, 0.25) is 0 Å². The largest absolute Gasteiger partial charge is 0.441 e. The molecule has 6 nitrogen and oxygen atoms in total. The van der Waals surface area contributed by atoms with Crippen LogP contribution in [0.15, 0.2) is 59.6 Å². The lowest BCUT2D eigenvalue weighted by Crippen LogP contribution is -2.67. The average Bonchev–Trinajstić information content (AvgIpc) is 2.95. The number of aliphatic imine (C=N–C) groups is 1. The number of hydrogen-bond acceptors (Lipinski definition) is 4. The molecule has 13 heteroatoms. The van der Waals surface area contributed by atoms with E-state index >= 15 is 0 Å². The molecule has 1 heterocycles. The summed E-state index contributed by atoms with van der Waals surface area (Å²) in [6, 6.07) is 10.5. The van der Waals surface area contributed by atoms with Gasteiger partial charge in [-0.3, -0.25) is 9.59 Å². The molecule has 3 rings (SSSR count). The van der Waals surface area contributed by atoms with Crippen LogP contribution in [0.2, 0.25) is 5.02 Å². The van der Waals surface area contributed by atoms with Crippen LogP contribution in [0, 0.1) is 0 Å². The highest BCUT2D eigenvalue weighted by Crippen LogP contribution is 2.45. The first-order chi connectivity index (χ1) is 15.7. The first kappa shape index (κ1) is 25.5. The van der Waals surface area contributed by atoms with E-state index in [1.165, 1.54) is 38.2 Å². The third-order valence-electron chi connectivity index (χ3n) is 5.19. The molecule has 1 atom stereocenters. The lowest BCUT2D eigenvalue weighted by Gasteiger charge is -2.35. The number of carbonyl (C=O) groups excluding carboxylic acids is 2. The number of nitrogens with one attached hydrogen (secondary N) is 1. The standard InChI is InChI=1S/C21H17ClF6N4O2/c1-12-16(18(34)32(31(12)2)15-6-4-3-5-7-15)29-19(20(23,24)25,21(26,27)28)30-17(33)13-8-10-14(22)11-9-13/h3-12H,1-2H3,(H,30,33). The highest BCUT2D eigenvalue weighted by molar-refractivity contribution is 6.47. The second-order valence-electron chi connectivity index (χ2n) is 7.37. The maximum absolute atomic E-state index is 14.0. The molecule has 1 N–H and O–H groups in total. The zero-order valence-electron chi connectivity index (χ0n) is 17.6. The fourth-order valence-electron chi connectivity index (χ4n) is 3.27. The van der Waals surface area contributed by atoms with Gasteiger partial charge < -0.3 is 5.32 Å². The van der Waals surface area contributed by atoms with Gasteiger partial charge in [0.15, 0.2) is 0 Å². The summed E-state index contributed by atoms with van der Waals surface area (Å²) in [7, 11) is 1.31. The molecule has 2 aromatic carbocycles. The van der Waals surface area contributed by atoms with Crippen molar-refractivity contribution in [1.29, 1.82) is 0 Å². The molecule has 182 valence electrons. The summed E-state index contributed by atoms with van der Waals surface area (Å²) in [5, 5.41) is 3.14. The van der Waals surface area contributed by atoms with Gasteiger partial charge in [0, 0.05) is 17.6 Å². The van der Waals surface area contributed by atoms with Crippen LogP contribution in [0.4, 0.5) is 32.0 Å². The van der Waals surface area contributed by atoms with Crippen molar-refractivity contribution in [2.45, 2.75) is 31.0 Å². The summed E-state index contributed by atoms with van der Waals surface area (Å²) in [5.74, 6) is -2.90.